The van der Waals surface area contributed by atoms with Crippen molar-refractivity contribution in [1.82, 2.24) is 4.90 Å². The molecule has 1 aliphatic carbocycles. The maximum atomic E-state index is 10.7. The Hall–Kier alpha value is -1.84. The number of ether oxygens (including phenoxy) is 1. The minimum atomic E-state index is -0.376. The number of aliphatic hydroxyl groups is 1. The van der Waals surface area contributed by atoms with Crippen molar-refractivity contribution in [3.05, 3.63) is 66.2 Å². The van der Waals surface area contributed by atoms with Gasteiger partial charge in [0.2, 0.25) is 0 Å². The lowest BCUT2D eigenvalue weighted by molar-refractivity contribution is 0.0473. The Labute approximate surface area is 170 Å². The van der Waals surface area contributed by atoms with Crippen molar-refractivity contribution in [2.24, 2.45) is 5.92 Å². The SMILES string of the molecule is C[C@H](C1CCCCC1)N(Cc1ccccc1)C[C@H](O)CCOc1ccccc1. The average Bonchev–Trinajstić information content (AvgIpc) is 2.75. The summed E-state index contributed by atoms with van der Waals surface area (Å²) >= 11 is 0. The van der Waals surface area contributed by atoms with Crippen LogP contribution in [0.1, 0.15) is 51.0 Å². The standard InChI is InChI=1S/C25H35NO2/c1-21(23-13-7-3-8-14-23)26(19-22-11-5-2-6-12-22)20-24(27)17-18-28-25-15-9-4-10-16-25/h2,4-6,9-12,15-16,21,23-24,27H,3,7-8,13-14,17-20H2,1H3/t21-,24-/m1/s1. The van der Waals surface area contributed by atoms with Crippen molar-refractivity contribution < 1.29 is 9.84 Å². The lowest BCUT2D eigenvalue weighted by Crippen LogP contribution is -2.43. The van der Waals surface area contributed by atoms with Gasteiger partial charge in [0.1, 0.15) is 5.75 Å². The Bertz CT molecular complexity index is 655. The zero-order chi connectivity index (χ0) is 19.6. The molecule has 0 spiro atoms. The first kappa shape index (κ1) is 20.9. The van der Waals surface area contributed by atoms with Crippen molar-refractivity contribution in [3.63, 3.8) is 0 Å². The number of benzene rings is 2. The van der Waals surface area contributed by atoms with Gasteiger partial charge in [-0.2, -0.15) is 0 Å². The predicted molar refractivity (Wildman–Crippen MR) is 115 cm³/mol. The quantitative estimate of drug-likeness (QED) is 0.607. The van der Waals surface area contributed by atoms with Gasteiger partial charge in [-0.1, -0.05) is 67.8 Å². The van der Waals surface area contributed by atoms with E-state index >= 15 is 0 Å². The van der Waals surface area contributed by atoms with Gasteiger partial charge in [0.05, 0.1) is 12.7 Å². The monoisotopic (exact) mass is 381 g/mol. The third kappa shape index (κ3) is 6.65. The van der Waals surface area contributed by atoms with Gasteiger partial charge in [-0.15, -0.1) is 0 Å². The van der Waals surface area contributed by atoms with Crippen LogP contribution in [0.3, 0.4) is 0 Å². The molecule has 3 nitrogen and oxygen atoms in total. The highest BCUT2D eigenvalue weighted by molar-refractivity contribution is 5.20. The van der Waals surface area contributed by atoms with Crippen LogP contribution < -0.4 is 4.74 Å². The fourth-order valence-electron chi connectivity index (χ4n) is 4.30. The molecule has 2 aromatic rings. The molecule has 0 amide bonds. The Morgan fingerprint density at radius 2 is 1.61 bits per heavy atom. The van der Waals surface area contributed by atoms with Crippen molar-refractivity contribution in [1.29, 1.82) is 0 Å². The molecule has 0 saturated heterocycles. The smallest absolute Gasteiger partial charge is 0.119 e. The molecule has 152 valence electrons. The number of hydrogen-bond donors (Lipinski definition) is 1. The van der Waals surface area contributed by atoms with E-state index in [1.54, 1.807) is 0 Å². The Balaban J connectivity index is 1.55. The predicted octanol–water partition coefficient (Wildman–Crippen LogP) is 5.29. The number of nitrogens with zero attached hydrogens (tertiary/aromatic N) is 1. The average molecular weight is 382 g/mol. The van der Waals surface area contributed by atoms with Gasteiger partial charge in [0.25, 0.3) is 0 Å². The van der Waals surface area contributed by atoms with Crippen LogP contribution in [0.5, 0.6) is 5.75 Å². The van der Waals surface area contributed by atoms with Gasteiger partial charge in [0.15, 0.2) is 0 Å². The van der Waals surface area contributed by atoms with E-state index in [0.717, 1.165) is 18.2 Å². The molecule has 1 saturated carbocycles. The van der Waals surface area contributed by atoms with Crippen molar-refractivity contribution in [2.75, 3.05) is 13.2 Å². The molecular formula is C25H35NO2. The summed E-state index contributed by atoms with van der Waals surface area (Å²) < 4.78 is 5.77. The summed E-state index contributed by atoms with van der Waals surface area (Å²) in [7, 11) is 0. The number of hydrogen-bond acceptors (Lipinski definition) is 3. The fraction of sp³-hybridized carbons (Fsp3) is 0.520. The van der Waals surface area contributed by atoms with E-state index in [4.69, 9.17) is 4.74 Å². The van der Waals surface area contributed by atoms with E-state index in [1.807, 2.05) is 30.3 Å². The van der Waals surface area contributed by atoms with Crippen LogP contribution in [-0.4, -0.2) is 35.3 Å². The van der Waals surface area contributed by atoms with E-state index < -0.39 is 0 Å². The van der Waals surface area contributed by atoms with Crippen LogP contribution in [-0.2, 0) is 6.54 Å². The van der Waals surface area contributed by atoms with E-state index in [0.29, 0.717) is 25.6 Å². The minimum Gasteiger partial charge on any atom is -0.493 e. The zero-order valence-electron chi connectivity index (χ0n) is 17.2. The van der Waals surface area contributed by atoms with E-state index in [9.17, 15) is 5.11 Å². The normalized spacial score (nSPS) is 17.4. The Morgan fingerprint density at radius 3 is 2.29 bits per heavy atom. The third-order valence-electron chi connectivity index (χ3n) is 6.04. The van der Waals surface area contributed by atoms with Crippen LogP contribution in [0.25, 0.3) is 0 Å². The van der Waals surface area contributed by atoms with Crippen LogP contribution in [0, 0.1) is 5.92 Å². The molecule has 1 N–H and O–H groups in total. The maximum Gasteiger partial charge on any atom is 0.119 e. The summed E-state index contributed by atoms with van der Waals surface area (Å²) in [6, 6.07) is 21.0. The van der Waals surface area contributed by atoms with Gasteiger partial charge in [-0.3, -0.25) is 4.90 Å². The Kier molecular flexibility index (Phi) is 8.38. The second-order valence-corrected chi connectivity index (χ2v) is 8.16. The second-order valence-electron chi connectivity index (χ2n) is 8.16. The molecule has 0 radical (unpaired) electrons. The van der Waals surface area contributed by atoms with Crippen molar-refractivity contribution in [2.45, 2.75) is 64.1 Å². The lowest BCUT2D eigenvalue weighted by atomic mass is 9.83. The summed E-state index contributed by atoms with van der Waals surface area (Å²) in [5.74, 6) is 1.61. The van der Waals surface area contributed by atoms with Gasteiger partial charge >= 0.3 is 0 Å². The molecule has 2 aromatic carbocycles. The topological polar surface area (TPSA) is 32.7 Å². The highest BCUT2D eigenvalue weighted by atomic mass is 16.5. The van der Waals surface area contributed by atoms with Crippen molar-refractivity contribution >= 4 is 0 Å². The summed E-state index contributed by atoms with van der Waals surface area (Å²) in [5.41, 5.74) is 1.32. The van der Waals surface area contributed by atoms with Crippen LogP contribution in [0.2, 0.25) is 0 Å². The van der Waals surface area contributed by atoms with Gasteiger partial charge in [-0.25, -0.2) is 0 Å². The van der Waals surface area contributed by atoms with Crippen LogP contribution in [0.15, 0.2) is 60.7 Å². The molecule has 2 atom stereocenters. The second kappa shape index (κ2) is 11.2. The number of para-hydroxylation sites is 1. The molecule has 0 aromatic heterocycles. The fourth-order valence-corrected chi connectivity index (χ4v) is 4.30. The molecule has 28 heavy (non-hydrogen) atoms. The highest BCUT2D eigenvalue weighted by Gasteiger charge is 2.26. The van der Waals surface area contributed by atoms with Crippen LogP contribution >= 0.6 is 0 Å². The molecule has 3 heteroatoms. The molecule has 0 heterocycles. The van der Waals surface area contributed by atoms with E-state index in [-0.39, 0.29) is 6.10 Å². The summed E-state index contributed by atoms with van der Waals surface area (Å²) in [4.78, 5) is 2.48. The van der Waals surface area contributed by atoms with E-state index in [1.165, 1.54) is 37.7 Å². The molecular weight excluding hydrogens is 346 g/mol. The lowest BCUT2D eigenvalue weighted by Gasteiger charge is -2.38. The van der Waals surface area contributed by atoms with Crippen molar-refractivity contribution in [3.8, 4) is 5.75 Å². The molecule has 3 rings (SSSR count). The number of rotatable bonds is 10. The molecule has 1 aliphatic rings. The van der Waals surface area contributed by atoms with E-state index in [2.05, 4.69) is 42.2 Å². The largest absolute Gasteiger partial charge is 0.493 e. The summed E-state index contributed by atoms with van der Waals surface area (Å²) in [6.07, 6.45) is 6.99. The Morgan fingerprint density at radius 1 is 0.964 bits per heavy atom. The summed E-state index contributed by atoms with van der Waals surface area (Å²) in [6.45, 7) is 4.49. The molecule has 0 unspecified atom stereocenters. The van der Waals surface area contributed by atoms with Gasteiger partial charge < -0.3 is 9.84 Å². The van der Waals surface area contributed by atoms with Gasteiger partial charge in [-0.05, 0) is 43.4 Å². The minimum absolute atomic E-state index is 0.376. The van der Waals surface area contributed by atoms with Gasteiger partial charge in [0, 0.05) is 25.6 Å². The zero-order valence-corrected chi connectivity index (χ0v) is 17.2. The highest BCUT2D eigenvalue weighted by Crippen LogP contribution is 2.29. The third-order valence-corrected chi connectivity index (χ3v) is 6.04. The summed E-state index contributed by atoms with van der Waals surface area (Å²) in [5, 5.41) is 10.7. The molecule has 0 aliphatic heterocycles. The first-order chi connectivity index (χ1) is 13.7. The first-order valence-electron chi connectivity index (χ1n) is 10.9. The first-order valence-corrected chi connectivity index (χ1v) is 10.9. The maximum absolute atomic E-state index is 10.7. The molecule has 1 fully saturated rings. The van der Waals surface area contributed by atoms with Crippen LogP contribution in [0.4, 0.5) is 0 Å². The molecule has 0 bridgehead atoms. The number of aliphatic hydroxyl groups excluding tert-OH is 1.